The third-order valence-corrected chi connectivity index (χ3v) is 13.4. The lowest BCUT2D eigenvalue weighted by Crippen LogP contribution is -2.43. The SMILES string of the molecule is COCC1(CNc2nc(C)c(-c3nc4c(C5CC5)nccc4s3)c(N[C@@H]3C[C@@H]4C(S(=O)(=O)c5ccc(F)cc5)[C@]4(O)[C@H]3O)n2)CC1. The predicted octanol–water partition coefficient (Wildman–Crippen LogP) is 4.06. The number of fused-ring (bicyclic) bond motifs is 2. The highest BCUT2D eigenvalue weighted by atomic mass is 32.2. The van der Waals surface area contributed by atoms with E-state index < -0.39 is 44.6 Å². The first-order chi connectivity index (χ1) is 22.0. The summed E-state index contributed by atoms with van der Waals surface area (Å²) >= 11 is 1.52. The van der Waals surface area contributed by atoms with Gasteiger partial charge in [0.1, 0.15) is 39.1 Å². The fraction of sp³-hybridized carbons (Fsp3) is 0.500. The Balaban J connectivity index is 1.11. The van der Waals surface area contributed by atoms with Gasteiger partial charge < -0.3 is 25.6 Å². The van der Waals surface area contributed by atoms with Crippen LogP contribution in [0.1, 0.15) is 49.4 Å². The number of ether oxygens (including phenoxy) is 1. The molecule has 3 aromatic heterocycles. The smallest absolute Gasteiger partial charge is 0.224 e. The first-order valence-electron chi connectivity index (χ1n) is 15.6. The summed E-state index contributed by atoms with van der Waals surface area (Å²) in [6, 6.07) is 5.80. The quantitative estimate of drug-likeness (QED) is 0.171. The molecule has 4 saturated carbocycles. The number of hydrogen-bond donors (Lipinski definition) is 4. The van der Waals surface area contributed by atoms with Gasteiger partial charge in [-0.2, -0.15) is 4.98 Å². The molecule has 4 aliphatic carbocycles. The Bertz CT molecular complexity index is 1950. The number of sulfone groups is 1. The van der Waals surface area contributed by atoms with Gasteiger partial charge in [-0.3, -0.25) is 4.98 Å². The van der Waals surface area contributed by atoms with Crippen LogP contribution in [0.15, 0.2) is 41.4 Å². The second kappa shape index (κ2) is 10.6. The summed E-state index contributed by atoms with van der Waals surface area (Å²) in [6.07, 6.45) is 4.92. The summed E-state index contributed by atoms with van der Waals surface area (Å²) < 4.78 is 46.6. The van der Waals surface area contributed by atoms with E-state index in [9.17, 15) is 23.0 Å². The Morgan fingerprint density at radius 1 is 1.13 bits per heavy atom. The van der Waals surface area contributed by atoms with Crippen molar-refractivity contribution in [3.63, 3.8) is 0 Å². The van der Waals surface area contributed by atoms with E-state index in [1.54, 1.807) is 7.11 Å². The van der Waals surface area contributed by atoms with Crippen molar-refractivity contribution in [2.75, 3.05) is 30.9 Å². The number of halogens is 1. The van der Waals surface area contributed by atoms with Crippen LogP contribution < -0.4 is 10.6 Å². The Morgan fingerprint density at radius 2 is 1.89 bits per heavy atom. The Morgan fingerprint density at radius 3 is 2.54 bits per heavy atom. The molecule has 5 atom stereocenters. The number of benzene rings is 1. The summed E-state index contributed by atoms with van der Waals surface area (Å²) in [7, 11) is -2.30. The van der Waals surface area contributed by atoms with Crippen LogP contribution in [0.3, 0.4) is 0 Å². The van der Waals surface area contributed by atoms with Gasteiger partial charge in [-0.15, -0.1) is 11.3 Å². The first kappa shape index (κ1) is 30.1. The van der Waals surface area contributed by atoms with Gasteiger partial charge in [0.15, 0.2) is 9.84 Å². The van der Waals surface area contributed by atoms with E-state index in [2.05, 4.69) is 15.6 Å². The lowest BCUT2D eigenvalue weighted by molar-refractivity contribution is 0.00553. The zero-order valence-corrected chi connectivity index (χ0v) is 27.0. The molecule has 242 valence electrons. The zero-order chi connectivity index (χ0) is 32.0. The predicted molar refractivity (Wildman–Crippen MR) is 171 cm³/mol. The summed E-state index contributed by atoms with van der Waals surface area (Å²) in [5.74, 6) is 0.0285. The maximum Gasteiger partial charge on any atom is 0.224 e. The van der Waals surface area contributed by atoms with Crippen molar-refractivity contribution in [1.29, 1.82) is 0 Å². The van der Waals surface area contributed by atoms with Crippen molar-refractivity contribution in [2.24, 2.45) is 11.3 Å². The molecular formula is C32H35FN6O5S2. The molecule has 0 saturated heterocycles. The second-order valence-corrected chi connectivity index (χ2v) is 16.4. The van der Waals surface area contributed by atoms with E-state index in [0.717, 1.165) is 53.7 Å². The topological polar surface area (TPSA) is 159 Å². The van der Waals surface area contributed by atoms with Gasteiger partial charge in [-0.25, -0.2) is 22.8 Å². The van der Waals surface area contributed by atoms with Crippen molar-refractivity contribution in [3.8, 4) is 10.6 Å². The molecule has 1 unspecified atom stereocenters. The van der Waals surface area contributed by atoms with Gasteiger partial charge in [0, 0.05) is 37.1 Å². The van der Waals surface area contributed by atoms with Gasteiger partial charge in [-0.05, 0) is 69.4 Å². The van der Waals surface area contributed by atoms with Crippen molar-refractivity contribution in [2.45, 2.75) is 72.8 Å². The van der Waals surface area contributed by atoms with E-state index >= 15 is 0 Å². The molecule has 1 aromatic carbocycles. The van der Waals surface area contributed by atoms with Crippen molar-refractivity contribution < 1.29 is 27.8 Å². The third-order valence-electron chi connectivity index (χ3n) is 10.1. The highest BCUT2D eigenvalue weighted by Crippen LogP contribution is 2.61. The van der Waals surface area contributed by atoms with Crippen LogP contribution in [0.2, 0.25) is 0 Å². The lowest BCUT2D eigenvalue weighted by atomic mass is 10.1. The molecule has 11 nitrogen and oxygen atoms in total. The fourth-order valence-corrected chi connectivity index (χ4v) is 10.5. The van der Waals surface area contributed by atoms with E-state index in [1.807, 2.05) is 19.2 Å². The first-order valence-corrected chi connectivity index (χ1v) is 17.9. The minimum absolute atomic E-state index is 0.0503. The highest BCUT2D eigenvalue weighted by Gasteiger charge is 2.78. The van der Waals surface area contributed by atoms with Gasteiger partial charge in [0.2, 0.25) is 5.95 Å². The standard InChI is InChI=1S/C32H35FN6O5S2/c1-16-23(29-38-25-22(45-29)9-12-34-24(25)17-3-4-17)28(39-30(36-16)35-14-31(10-11-31)15-44-2)37-21-13-20-27(32(20,41)26(21)40)46(42,43)19-7-5-18(33)6-8-19/h5-9,12,17,20-21,26-27,40-41H,3-4,10-11,13-15H2,1-2H3,(H2,35,36,37,39)/t20-,21-,26+,27?,32-/m1/s1. The molecule has 0 aliphatic heterocycles. The van der Waals surface area contributed by atoms with Gasteiger partial charge >= 0.3 is 0 Å². The summed E-state index contributed by atoms with van der Waals surface area (Å²) in [5, 5.41) is 29.2. The number of nitrogens with one attached hydrogen (secondary N) is 2. The molecule has 14 heteroatoms. The van der Waals surface area contributed by atoms with Crippen LogP contribution in [0.25, 0.3) is 20.8 Å². The molecule has 0 bridgehead atoms. The normalized spacial score (nSPS) is 27.8. The molecule has 4 aromatic rings. The number of methoxy groups -OCH3 is 1. The largest absolute Gasteiger partial charge is 0.388 e. The van der Waals surface area contributed by atoms with Crippen LogP contribution in [0, 0.1) is 24.1 Å². The molecule has 4 N–H and O–H groups in total. The van der Waals surface area contributed by atoms with E-state index in [-0.39, 0.29) is 16.7 Å². The molecule has 4 aliphatic rings. The van der Waals surface area contributed by atoms with Crippen LogP contribution in [0.4, 0.5) is 16.2 Å². The molecule has 0 amide bonds. The molecule has 3 heterocycles. The maximum absolute atomic E-state index is 13.5. The number of aliphatic hydroxyl groups is 2. The van der Waals surface area contributed by atoms with Gasteiger partial charge in [-0.1, -0.05) is 0 Å². The van der Waals surface area contributed by atoms with Crippen molar-refractivity contribution in [1.82, 2.24) is 19.9 Å². The minimum Gasteiger partial charge on any atom is -0.388 e. The number of aromatic nitrogens is 4. The Hall–Kier alpha value is -3.30. The van der Waals surface area contributed by atoms with Gasteiger partial charge in [0.05, 0.1) is 39.2 Å². The average Bonchev–Trinajstić information content (AvgIpc) is 3.97. The monoisotopic (exact) mass is 666 g/mol. The molecule has 0 radical (unpaired) electrons. The minimum atomic E-state index is -4.00. The van der Waals surface area contributed by atoms with Crippen LogP contribution >= 0.6 is 11.3 Å². The van der Waals surface area contributed by atoms with Crippen LogP contribution in [-0.2, 0) is 14.6 Å². The summed E-state index contributed by atoms with van der Waals surface area (Å²) in [4.78, 5) is 19.2. The van der Waals surface area contributed by atoms with Crippen LogP contribution in [0.5, 0.6) is 0 Å². The number of hydrogen-bond acceptors (Lipinski definition) is 12. The molecular weight excluding hydrogens is 632 g/mol. The number of nitrogens with zero attached hydrogens (tertiary/aromatic N) is 4. The number of rotatable bonds is 11. The van der Waals surface area contributed by atoms with Crippen molar-refractivity contribution in [3.05, 3.63) is 53.7 Å². The van der Waals surface area contributed by atoms with Crippen molar-refractivity contribution >= 4 is 43.2 Å². The second-order valence-electron chi connectivity index (χ2n) is 13.3. The summed E-state index contributed by atoms with van der Waals surface area (Å²) in [6.45, 7) is 3.18. The highest BCUT2D eigenvalue weighted by molar-refractivity contribution is 7.92. The Labute approximate surface area is 269 Å². The zero-order valence-electron chi connectivity index (χ0n) is 25.4. The molecule has 8 rings (SSSR count). The lowest BCUT2D eigenvalue weighted by Gasteiger charge is -2.26. The number of pyridine rings is 1. The number of anilines is 2. The summed E-state index contributed by atoms with van der Waals surface area (Å²) in [5.41, 5.74) is 1.45. The number of aryl methyl sites for hydroxylation is 1. The average molecular weight is 667 g/mol. The fourth-order valence-electron chi connectivity index (χ4n) is 7.18. The van der Waals surface area contributed by atoms with E-state index in [0.29, 0.717) is 47.1 Å². The van der Waals surface area contributed by atoms with Gasteiger partial charge in [0.25, 0.3) is 0 Å². The van der Waals surface area contributed by atoms with E-state index in [1.165, 1.54) is 23.5 Å². The maximum atomic E-state index is 13.5. The van der Waals surface area contributed by atoms with Crippen LogP contribution in [-0.4, -0.2) is 81.8 Å². The number of thiazole rings is 1. The molecule has 4 fully saturated rings. The number of aliphatic hydroxyl groups excluding tert-OH is 1. The van der Waals surface area contributed by atoms with E-state index in [4.69, 9.17) is 19.7 Å². The molecule has 46 heavy (non-hydrogen) atoms. The third kappa shape index (κ3) is 4.88. The Kier molecular flexibility index (Phi) is 6.93. The molecule has 0 spiro atoms.